The molecule has 2 aromatic rings. The van der Waals surface area contributed by atoms with Crippen LogP contribution in [0, 0.1) is 0 Å². The molecular weight excluding hydrogens is 386 g/mol. The highest BCUT2D eigenvalue weighted by molar-refractivity contribution is 6.09. The normalized spacial score (nSPS) is 24.8. The summed E-state index contributed by atoms with van der Waals surface area (Å²) < 4.78 is 22.0. The van der Waals surface area contributed by atoms with Gasteiger partial charge >= 0.3 is 11.6 Å². The molecule has 2 atom stereocenters. The fourth-order valence-corrected chi connectivity index (χ4v) is 4.02. The molecule has 0 saturated heterocycles. The number of rotatable bonds is 4. The Morgan fingerprint density at radius 1 is 1.41 bits per heavy atom. The van der Waals surface area contributed by atoms with Crippen LogP contribution in [0.15, 0.2) is 32.8 Å². The number of aryl methyl sites for hydroxylation is 1. The van der Waals surface area contributed by atoms with Crippen LogP contribution in [0.3, 0.4) is 0 Å². The minimum absolute atomic E-state index is 0.149. The quantitative estimate of drug-likeness (QED) is 0.568. The molecule has 0 spiro atoms. The van der Waals surface area contributed by atoms with E-state index in [1.807, 2.05) is 0 Å². The molecule has 2 N–H and O–H groups in total. The first-order chi connectivity index (χ1) is 13.9. The number of benzene rings is 1. The van der Waals surface area contributed by atoms with Crippen LogP contribution < -0.4 is 15.1 Å². The third-order valence-electron chi connectivity index (χ3n) is 5.21. The Morgan fingerprint density at radius 3 is 3.00 bits per heavy atom. The maximum absolute atomic E-state index is 12.8. The summed E-state index contributed by atoms with van der Waals surface area (Å²) in [6.07, 6.45) is 2.60. The molecule has 1 aliphatic carbocycles. The maximum Gasteiger partial charge on any atom is 0.345 e. The van der Waals surface area contributed by atoms with Gasteiger partial charge in [0.1, 0.15) is 11.5 Å². The fraction of sp³-hybridized carbons (Fsp3) is 0.316. The molecular formula is C19H15NO9. The molecule has 0 bridgehead atoms. The van der Waals surface area contributed by atoms with Crippen molar-refractivity contribution in [3.63, 3.8) is 0 Å². The molecule has 10 nitrogen and oxygen atoms in total. The first kappa shape index (κ1) is 17.6. The van der Waals surface area contributed by atoms with Gasteiger partial charge in [0.05, 0.1) is 35.6 Å². The summed E-state index contributed by atoms with van der Waals surface area (Å²) in [6, 6.07) is 1.61. The first-order valence-corrected chi connectivity index (χ1v) is 8.78. The molecule has 3 heterocycles. The standard InChI is InChI=1S/C19H15NO9/c1-25-10-6-11-15(19(24)4-5-26-18(19)28-11)16-14(10)8-2-3-9(13(8)17(23)29-16)20-27-7-12(21)22/h4-6,18,24H,2-3,7H2,1H3,(H,21,22)/b20-9+/t18-,19-/m1/s1. The Morgan fingerprint density at radius 2 is 2.24 bits per heavy atom. The molecule has 1 aromatic carbocycles. The molecule has 0 saturated carbocycles. The molecule has 0 unspecified atom stereocenters. The number of aliphatic hydroxyl groups is 1. The van der Waals surface area contributed by atoms with E-state index in [1.54, 1.807) is 6.07 Å². The molecule has 0 fully saturated rings. The van der Waals surface area contributed by atoms with Crippen molar-refractivity contribution in [2.24, 2.45) is 5.16 Å². The summed E-state index contributed by atoms with van der Waals surface area (Å²) in [7, 11) is 1.47. The van der Waals surface area contributed by atoms with E-state index in [0.29, 0.717) is 46.6 Å². The summed E-state index contributed by atoms with van der Waals surface area (Å²) >= 11 is 0. The van der Waals surface area contributed by atoms with Crippen LogP contribution in [0.2, 0.25) is 0 Å². The van der Waals surface area contributed by atoms with Crippen LogP contribution in [-0.4, -0.2) is 41.9 Å². The summed E-state index contributed by atoms with van der Waals surface area (Å²) in [5.74, 6) is -0.477. The van der Waals surface area contributed by atoms with Crippen molar-refractivity contribution in [1.29, 1.82) is 0 Å². The van der Waals surface area contributed by atoms with Gasteiger partial charge in [-0.15, -0.1) is 0 Å². The average Bonchev–Trinajstić information content (AvgIpc) is 3.32. The van der Waals surface area contributed by atoms with Crippen LogP contribution in [0.1, 0.15) is 23.1 Å². The van der Waals surface area contributed by atoms with Crippen molar-refractivity contribution < 1.29 is 38.5 Å². The lowest BCUT2D eigenvalue weighted by molar-refractivity contribution is -0.142. The van der Waals surface area contributed by atoms with Gasteiger partial charge in [-0.1, -0.05) is 5.16 Å². The zero-order chi connectivity index (χ0) is 20.3. The molecule has 1 aromatic heterocycles. The summed E-state index contributed by atoms with van der Waals surface area (Å²) in [4.78, 5) is 28.2. The Labute approximate surface area is 162 Å². The highest BCUT2D eigenvalue weighted by atomic mass is 16.7. The van der Waals surface area contributed by atoms with Crippen molar-refractivity contribution in [2.45, 2.75) is 24.7 Å². The van der Waals surface area contributed by atoms with Gasteiger partial charge in [-0.05, 0) is 24.5 Å². The number of ether oxygens (including phenoxy) is 3. The Kier molecular flexibility index (Phi) is 3.62. The van der Waals surface area contributed by atoms with Gasteiger partial charge in [-0.25, -0.2) is 9.59 Å². The molecule has 5 rings (SSSR count). The predicted molar refractivity (Wildman–Crippen MR) is 96.0 cm³/mol. The Balaban J connectivity index is 1.75. The summed E-state index contributed by atoms with van der Waals surface area (Å²) in [6.45, 7) is -0.618. The van der Waals surface area contributed by atoms with Crippen molar-refractivity contribution >= 4 is 22.7 Å². The maximum atomic E-state index is 12.8. The van der Waals surface area contributed by atoms with E-state index in [0.717, 1.165) is 0 Å². The number of oxime groups is 1. The van der Waals surface area contributed by atoms with Gasteiger partial charge in [0.25, 0.3) is 6.29 Å². The van der Waals surface area contributed by atoms with Gasteiger partial charge < -0.3 is 33.7 Å². The number of carbonyl (C=O) groups is 1. The van der Waals surface area contributed by atoms with Crippen LogP contribution >= 0.6 is 0 Å². The number of fused-ring (bicyclic) bond motifs is 7. The average molecular weight is 401 g/mol. The zero-order valence-electron chi connectivity index (χ0n) is 15.1. The molecule has 29 heavy (non-hydrogen) atoms. The highest BCUT2D eigenvalue weighted by Crippen LogP contribution is 2.52. The summed E-state index contributed by atoms with van der Waals surface area (Å²) in [5, 5.41) is 24.1. The van der Waals surface area contributed by atoms with E-state index in [1.165, 1.54) is 19.4 Å². The molecule has 10 heteroatoms. The minimum Gasteiger partial charge on any atom is -0.496 e. The third kappa shape index (κ3) is 2.35. The van der Waals surface area contributed by atoms with Gasteiger partial charge in [-0.3, -0.25) is 0 Å². The number of carboxylic acids is 1. The SMILES string of the molecule is COc1cc2c(c3oc(=O)c4c(c13)CC/C4=N\OCC(=O)O)[C@]1(O)C=CO[C@@H]1O2. The monoisotopic (exact) mass is 401 g/mol. The number of aliphatic carboxylic acids is 1. The van der Waals surface area contributed by atoms with Crippen LogP contribution in [0.5, 0.6) is 11.5 Å². The van der Waals surface area contributed by atoms with E-state index in [9.17, 15) is 14.7 Å². The van der Waals surface area contributed by atoms with Crippen LogP contribution in [-0.2, 0) is 26.4 Å². The second-order valence-corrected chi connectivity index (χ2v) is 6.82. The molecule has 150 valence electrons. The van der Waals surface area contributed by atoms with E-state index in [-0.39, 0.29) is 11.1 Å². The molecule has 3 aliphatic rings. The molecule has 0 amide bonds. The number of hydrogen-bond donors (Lipinski definition) is 2. The second kappa shape index (κ2) is 5.98. The van der Waals surface area contributed by atoms with Crippen molar-refractivity contribution in [2.75, 3.05) is 13.7 Å². The van der Waals surface area contributed by atoms with Crippen molar-refractivity contribution in [1.82, 2.24) is 0 Å². The number of nitrogens with zero attached hydrogens (tertiary/aromatic N) is 1. The van der Waals surface area contributed by atoms with Crippen LogP contribution in [0.25, 0.3) is 11.0 Å². The number of methoxy groups -OCH3 is 1. The lowest BCUT2D eigenvalue weighted by atomic mass is 9.92. The van der Waals surface area contributed by atoms with E-state index in [2.05, 4.69) is 5.16 Å². The topological polar surface area (TPSA) is 137 Å². The number of carboxylic acid groups (broad SMARTS) is 1. The second-order valence-electron chi connectivity index (χ2n) is 6.82. The first-order valence-electron chi connectivity index (χ1n) is 8.78. The van der Waals surface area contributed by atoms with E-state index < -0.39 is 30.1 Å². The Bertz CT molecular complexity index is 1180. The molecule has 2 aliphatic heterocycles. The summed E-state index contributed by atoms with van der Waals surface area (Å²) in [5.41, 5.74) is -0.686. The molecule has 0 radical (unpaired) electrons. The largest absolute Gasteiger partial charge is 0.496 e. The minimum atomic E-state index is -1.59. The lowest BCUT2D eigenvalue weighted by Gasteiger charge is -2.19. The van der Waals surface area contributed by atoms with Crippen molar-refractivity contribution in [3.05, 3.63) is 45.5 Å². The van der Waals surface area contributed by atoms with Gasteiger partial charge in [-0.2, -0.15) is 0 Å². The van der Waals surface area contributed by atoms with Gasteiger partial charge in [0, 0.05) is 6.07 Å². The predicted octanol–water partition coefficient (Wildman–Crippen LogP) is 1.00. The van der Waals surface area contributed by atoms with Gasteiger partial charge in [0.15, 0.2) is 11.2 Å². The highest BCUT2D eigenvalue weighted by Gasteiger charge is 2.53. The number of hydrogen-bond acceptors (Lipinski definition) is 9. The smallest absolute Gasteiger partial charge is 0.345 e. The Hall–Kier alpha value is -3.53. The van der Waals surface area contributed by atoms with Crippen LogP contribution in [0.4, 0.5) is 0 Å². The third-order valence-corrected chi connectivity index (χ3v) is 5.21. The zero-order valence-corrected chi connectivity index (χ0v) is 15.1. The van der Waals surface area contributed by atoms with Gasteiger partial charge in [0.2, 0.25) is 6.61 Å². The fourth-order valence-electron chi connectivity index (χ4n) is 4.02. The van der Waals surface area contributed by atoms with E-state index >= 15 is 0 Å². The lowest BCUT2D eigenvalue weighted by Crippen LogP contribution is -2.33. The van der Waals surface area contributed by atoms with Crippen molar-refractivity contribution in [3.8, 4) is 11.5 Å². The van der Waals surface area contributed by atoms with E-state index in [4.69, 9.17) is 28.6 Å².